The van der Waals surface area contributed by atoms with Gasteiger partial charge in [0.15, 0.2) is 0 Å². The van der Waals surface area contributed by atoms with E-state index < -0.39 is 24.3 Å². The molecule has 0 atom stereocenters. The molecule has 1 N–H and O–H groups in total. The van der Waals surface area contributed by atoms with Gasteiger partial charge in [0.25, 0.3) is 0 Å². The molecule has 0 radical (unpaired) electrons. The Morgan fingerprint density at radius 1 is 1.38 bits per heavy atom. The molecule has 0 rings (SSSR count). The number of carboxylic acids is 1. The number of ether oxygens (including phenoxy) is 1. The summed E-state index contributed by atoms with van der Waals surface area (Å²) in [6, 6.07) is 0. The lowest BCUT2D eigenvalue weighted by molar-refractivity contribution is -0.157. The summed E-state index contributed by atoms with van der Waals surface area (Å²) in [5, 5.41) is 8.27. The van der Waals surface area contributed by atoms with E-state index in [4.69, 9.17) is 5.11 Å². The highest BCUT2D eigenvalue weighted by molar-refractivity contribution is 5.98. The maximum atomic E-state index is 10.8. The second-order valence-electron chi connectivity index (χ2n) is 2.29. The predicted octanol–water partition coefficient (Wildman–Crippen LogP) is 0.497. The Morgan fingerprint density at radius 3 is 2.31 bits per heavy atom. The SMILES string of the molecule is C=C(CC(=O)O)C(=O)OC(=O)CC. The van der Waals surface area contributed by atoms with Crippen LogP contribution in [0.4, 0.5) is 0 Å². The van der Waals surface area contributed by atoms with Gasteiger partial charge in [-0.2, -0.15) is 0 Å². The smallest absolute Gasteiger partial charge is 0.341 e. The van der Waals surface area contributed by atoms with Gasteiger partial charge in [-0.05, 0) is 0 Å². The summed E-state index contributed by atoms with van der Waals surface area (Å²) in [5.41, 5.74) is -0.241. The van der Waals surface area contributed by atoms with E-state index in [0.29, 0.717) is 0 Å². The van der Waals surface area contributed by atoms with Crippen molar-refractivity contribution in [3.8, 4) is 0 Å². The zero-order valence-corrected chi connectivity index (χ0v) is 7.20. The van der Waals surface area contributed by atoms with Crippen molar-refractivity contribution >= 4 is 17.9 Å². The van der Waals surface area contributed by atoms with Crippen molar-refractivity contribution < 1.29 is 24.2 Å². The van der Waals surface area contributed by atoms with Gasteiger partial charge in [-0.1, -0.05) is 13.5 Å². The maximum Gasteiger partial charge on any atom is 0.341 e. The van der Waals surface area contributed by atoms with Crippen molar-refractivity contribution in [1.82, 2.24) is 0 Å². The van der Waals surface area contributed by atoms with Crippen LogP contribution in [0.5, 0.6) is 0 Å². The van der Waals surface area contributed by atoms with Crippen molar-refractivity contribution in [3.05, 3.63) is 12.2 Å². The van der Waals surface area contributed by atoms with Gasteiger partial charge in [0.2, 0.25) is 0 Å². The van der Waals surface area contributed by atoms with Gasteiger partial charge in [0.05, 0.1) is 6.42 Å². The Labute approximate surface area is 75.0 Å². The van der Waals surface area contributed by atoms with E-state index in [9.17, 15) is 14.4 Å². The summed E-state index contributed by atoms with van der Waals surface area (Å²) < 4.78 is 4.22. The topological polar surface area (TPSA) is 80.7 Å². The van der Waals surface area contributed by atoms with Gasteiger partial charge in [0, 0.05) is 12.0 Å². The Bertz CT molecular complexity index is 253. The van der Waals surface area contributed by atoms with Crippen LogP contribution in [0.2, 0.25) is 0 Å². The molecule has 0 saturated carbocycles. The average molecular weight is 186 g/mol. The number of aliphatic carboxylic acids is 1. The number of carbonyl (C=O) groups is 3. The summed E-state index contributed by atoms with van der Waals surface area (Å²) in [5.74, 6) is -2.86. The fraction of sp³-hybridized carbons (Fsp3) is 0.375. The highest BCUT2D eigenvalue weighted by atomic mass is 16.6. The summed E-state index contributed by atoms with van der Waals surface area (Å²) in [7, 11) is 0. The summed E-state index contributed by atoms with van der Waals surface area (Å²) in [6.45, 7) is 4.70. The Hall–Kier alpha value is -1.65. The molecule has 0 fully saturated rings. The largest absolute Gasteiger partial charge is 0.481 e. The fourth-order valence-corrected chi connectivity index (χ4v) is 0.502. The van der Waals surface area contributed by atoms with Crippen LogP contribution in [-0.2, 0) is 19.1 Å². The molecule has 0 bridgehead atoms. The van der Waals surface area contributed by atoms with Crippen LogP contribution in [0.1, 0.15) is 19.8 Å². The van der Waals surface area contributed by atoms with Crippen molar-refractivity contribution in [1.29, 1.82) is 0 Å². The third-order valence-corrected chi connectivity index (χ3v) is 1.15. The van der Waals surface area contributed by atoms with Gasteiger partial charge in [-0.25, -0.2) is 4.79 Å². The second kappa shape index (κ2) is 5.08. The van der Waals surface area contributed by atoms with E-state index in [-0.39, 0.29) is 12.0 Å². The first-order valence-corrected chi connectivity index (χ1v) is 3.62. The molecule has 72 valence electrons. The molecule has 0 spiro atoms. The van der Waals surface area contributed by atoms with Crippen LogP contribution in [0.3, 0.4) is 0 Å². The van der Waals surface area contributed by atoms with Crippen molar-refractivity contribution in [3.63, 3.8) is 0 Å². The molecule has 0 aromatic heterocycles. The Kier molecular flexibility index (Phi) is 4.43. The fourth-order valence-electron chi connectivity index (χ4n) is 0.502. The summed E-state index contributed by atoms with van der Waals surface area (Å²) in [4.78, 5) is 31.5. The first-order valence-electron chi connectivity index (χ1n) is 3.62. The Morgan fingerprint density at radius 2 is 1.92 bits per heavy atom. The second-order valence-corrected chi connectivity index (χ2v) is 2.29. The van der Waals surface area contributed by atoms with Gasteiger partial charge >= 0.3 is 17.9 Å². The van der Waals surface area contributed by atoms with E-state index in [1.54, 1.807) is 0 Å². The summed E-state index contributed by atoms with van der Waals surface area (Å²) in [6.07, 6.45) is -0.456. The summed E-state index contributed by atoms with van der Waals surface area (Å²) >= 11 is 0. The lowest BCUT2D eigenvalue weighted by Gasteiger charge is -2.01. The zero-order chi connectivity index (χ0) is 10.4. The van der Waals surface area contributed by atoms with Crippen LogP contribution in [0, 0.1) is 0 Å². The molecule has 0 aliphatic carbocycles. The minimum atomic E-state index is -1.19. The van der Waals surface area contributed by atoms with Crippen LogP contribution in [0.15, 0.2) is 12.2 Å². The molecule has 0 aromatic carbocycles. The molecule has 0 saturated heterocycles. The lowest BCUT2D eigenvalue weighted by atomic mass is 10.2. The van der Waals surface area contributed by atoms with E-state index >= 15 is 0 Å². The molecule has 5 heteroatoms. The van der Waals surface area contributed by atoms with E-state index in [1.165, 1.54) is 6.92 Å². The number of carboxylic acid groups (broad SMARTS) is 1. The lowest BCUT2D eigenvalue weighted by Crippen LogP contribution is -2.14. The first-order chi connectivity index (χ1) is 5.97. The van der Waals surface area contributed by atoms with Gasteiger partial charge in [-0.3, -0.25) is 9.59 Å². The minimum absolute atomic E-state index is 0.0616. The van der Waals surface area contributed by atoms with E-state index in [1.807, 2.05) is 0 Å². The molecule has 0 aromatic rings. The molecule has 0 heterocycles. The molecule has 5 nitrogen and oxygen atoms in total. The van der Waals surface area contributed by atoms with Crippen molar-refractivity contribution in [2.24, 2.45) is 0 Å². The average Bonchev–Trinajstić information content (AvgIpc) is 2.02. The third kappa shape index (κ3) is 4.73. The van der Waals surface area contributed by atoms with Gasteiger partial charge in [-0.15, -0.1) is 0 Å². The van der Waals surface area contributed by atoms with Gasteiger partial charge < -0.3 is 9.84 Å². The normalized spacial score (nSPS) is 9.00. The monoisotopic (exact) mass is 186 g/mol. The van der Waals surface area contributed by atoms with E-state index in [0.717, 1.165) is 0 Å². The van der Waals surface area contributed by atoms with E-state index in [2.05, 4.69) is 11.3 Å². The third-order valence-electron chi connectivity index (χ3n) is 1.15. The molecule has 0 amide bonds. The highest BCUT2D eigenvalue weighted by Gasteiger charge is 2.14. The molecule has 0 unspecified atom stereocenters. The van der Waals surface area contributed by atoms with Crippen LogP contribution >= 0.6 is 0 Å². The van der Waals surface area contributed by atoms with Crippen molar-refractivity contribution in [2.45, 2.75) is 19.8 Å². The number of carbonyl (C=O) groups excluding carboxylic acids is 2. The Balaban J connectivity index is 4.04. The zero-order valence-electron chi connectivity index (χ0n) is 7.20. The van der Waals surface area contributed by atoms with Crippen LogP contribution in [-0.4, -0.2) is 23.0 Å². The molecule has 0 aliphatic heterocycles. The quantitative estimate of drug-likeness (QED) is 0.392. The molecule has 13 heavy (non-hydrogen) atoms. The van der Waals surface area contributed by atoms with Crippen LogP contribution in [0.25, 0.3) is 0 Å². The highest BCUT2D eigenvalue weighted by Crippen LogP contribution is 2.01. The number of hydrogen-bond donors (Lipinski definition) is 1. The predicted molar refractivity (Wildman–Crippen MR) is 42.8 cm³/mol. The van der Waals surface area contributed by atoms with Crippen molar-refractivity contribution in [2.75, 3.05) is 0 Å². The van der Waals surface area contributed by atoms with Crippen LogP contribution < -0.4 is 0 Å². The molecule has 0 aliphatic rings. The minimum Gasteiger partial charge on any atom is -0.481 e. The molecular weight excluding hydrogens is 176 g/mol. The molecular formula is C8H10O5. The maximum absolute atomic E-state index is 10.8. The van der Waals surface area contributed by atoms with Gasteiger partial charge in [0.1, 0.15) is 0 Å². The number of esters is 2. The number of rotatable bonds is 4. The number of hydrogen-bond acceptors (Lipinski definition) is 4. The standard InChI is InChI=1S/C8H10O5/c1-3-7(11)13-8(12)5(2)4-6(9)10/h2-4H2,1H3,(H,9,10). The first kappa shape index (κ1) is 11.4.